The second-order valence-electron chi connectivity index (χ2n) is 6.79. The molecule has 0 fully saturated rings. The number of benzene rings is 2. The number of rotatable bonds is 7. The molecule has 31 heavy (non-hydrogen) atoms. The van der Waals surface area contributed by atoms with Crippen molar-refractivity contribution in [1.29, 1.82) is 0 Å². The predicted octanol–water partition coefficient (Wildman–Crippen LogP) is 3.91. The summed E-state index contributed by atoms with van der Waals surface area (Å²) in [4.78, 5) is 16.5. The number of ether oxygens (including phenoxy) is 1. The van der Waals surface area contributed by atoms with E-state index in [1.54, 1.807) is 35.1 Å². The number of aromatic nitrogens is 5. The summed E-state index contributed by atoms with van der Waals surface area (Å²) < 4.78 is 21.7. The highest BCUT2D eigenvalue weighted by Crippen LogP contribution is 2.25. The normalized spacial score (nSPS) is 10.8. The minimum Gasteiger partial charge on any atom is -0.470 e. The number of anilines is 1. The molecular weight excluding hydrogens is 423 g/mol. The Morgan fingerprint density at radius 2 is 1.94 bits per heavy atom. The number of carbonyl (C=O) groups excluding carboxylic acids is 1. The standard InChI is InChI=1S/C21H18ClFN6O2/c1-14-2-7-17(22)19(10-14)31-13-28-9-8-18(26-28)20(30)25-21-24-12-29(27-21)11-15-3-5-16(23)6-4-15/h2-10,12H,11,13H2,1H3,(H,25,27,30). The molecule has 0 aliphatic carbocycles. The van der Waals surface area contributed by atoms with Gasteiger partial charge < -0.3 is 4.74 Å². The lowest BCUT2D eigenvalue weighted by Gasteiger charge is -2.08. The van der Waals surface area contributed by atoms with Crippen LogP contribution in [0.25, 0.3) is 0 Å². The molecule has 0 saturated carbocycles. The molecule has 158 valence electrons. The van der Waals surface area contributed by atoms with E-state index < -0.39 is 5.91 Å². The molecule has 4 rings (SSSR count). The van der Waals surface area contributed by atoms with Crippen molar-refractivity contribution in [2.24, 2.45) is 0 Å². The molecule has 0 bridgehead atoms. The molecule has 8 nitrogen and oxygen atoms in total. The van der Waals surface area contributed by atoms with Crippen LogP contribution in [0, 0.1) is 12.7 Å². The molecule has 0 unspecified atom stereocenters. The van der Waals surface area contributed by atoms with Crippen LogP contribution < -0.4 is 10.1 Å². The zero-order valence-electron chi connectivity index (χ0n) is 16.5. The highest BCUT2D eigenvalue weighted by Gasteiger charge is 2.13. The van der Waals surface area contributed by atoms with E-state index in [9.17, 15) is 9.18 Å². The van der Waals surface area contributed by atoms with Gasteiger partial charge in [0.05, 0.1) is 11.6 Å². The van der Waals surface area contributed by atoms with Crippen molar-refractivity contribution in [3.63, 3.8) is 0 Å². The monoisotopic (exact) mass is 440 g/mol. The Morgan fingerprint density at radius 3 is 2.74 bits per heavy atom. The van der Waals surface area contributed by atoms with E-state index in [-0.39, 0.29) is 24.2 Å². The summed E-state index contributed by atoms with van der Waals surface area (Å²) in [6, 6.07) is 13.1. The number of nitrogens with one attached hydrogen (secondary N) is 1. The molecule has 10 heteroatoms. The first kappa shape index (κ1) is 20.5. The van der Waals surface area contributed by atoms with E-state index in [2.05, 4.69) is 20.5 Å². The lowest BCUT2D eigenvalue weighted by molar-refractivity contribution is 0.101. The number of nitrogens with zero attached hydrogens (tertiary/aromatic N) is 5. The van der Waals surface area contributed by atoms with Gasteiger partial charge in [-0.1, -0.05) is 29.8 Å². The van der Waals surface area contributed by atoms with Gasteiger partial charge in [-0.3, -0.25) is 10.1 Å². The molecule has 1 amide bonds. The maximum Gasteiger partial charge on any atom is 0.278 e. The molecule has 2 aromatic heterocycles. The first-order valence-corrected chi connectivity index (χ1v) is 9.72. The number of hydrogen-bond donors (Lipinski definition) is 1. The summed E-state index contributed by atoms with van der Waals surface area (Å²) >= 11 is 6.12. The van der Waals surface area contributed by atoms with Crippen molar-refractivity contribution in [2.75, 3.05) is 5.32 Å². The first-order chi connectivity index (χ1) is 15.0. The Bertz CT molecular complexity index is 1200. The Kier molecular flexibility index (Phi) is 5.94. The number of amides is 1. The van der Waals surface area contributed by atoms with E-state index in [1.807, 2.05) is 19.1 Å². The van der Waals surface area contributed by atoms with E-state index in [0.717, 1.165) is 11.1 Å². The molecule has 0 spiro atoms. The van der Waals surface area contributed by atoms with E-state index in [1.165, 1.54) is 23.1 Å². The second kappa shape index (κ2) is 8.97. The summed E-state index contributed by atoms with van der Waals surface area (Å²) in [7, 11) is 0. The minimum absolute atomic E-state index is 0.0982. The van der Waals surface area contributed by atoms with Crippen LogP contribution in [-0.4, -0.2) is 30.5 Å². The van der Waals surface area contributed by atoms with Crippen molar-refractivity contribution in [1.82, 2.24) is 24.5 Å². The number of hydrogen-bond acceptors (Lipinski definition) is 5. The van der Waals surface area contributed by atoms with Gasteiger partial charge in [0.1, 0.15) is 17.9 Å². The average Bonchev–Trinajstić information content (AvgIpc) is 3.40. The average molecular weight is 441 g/mol. The van der Waals surface area contributed by atoms with Gasteiger partial charge in [0.2, 0.25) is 5.95 Å². The number of aryl methyl sites for hydroxylation is 1. The van der Waals surface area contributed by atoms with Gasteiger partial charge in [0, 0.05) is 6.20 Å². The van der Waals surface area contributed by atoms with Crippen molar-refractivity contribution in [3.05, 3.63) is 88.7 Å². The quantitative estimate of drug-likeness (QED) is 0.470. The molecule has 2 heterocycles. The summed E-state index contributed by atoms with van der Waals surface area (Å²) in [5.74, 6) is -0.0718. The Balaban J connectivity index is 1.34. The zero-order valence-corrected chi connectivity index (χ0v) is 17.3. The molecule has 0 saturated heterocycles. The third kappa shape index (κ3) is 5.26. The van der Waals surface area contributed by atoms with Crippen molar-refractivity contribution in [3.8, 4) is 5.75 Å². The van der Waals surface area contributed by atoms with Crippen LogP contribution in [0.3, 0.4) is 0 Å². The van der Waals surface area contributed by atoms with Crippen LogP contribution in [0.15, 0.2) is 61.1 Å². The molecule has 4 aromatic rings. The highest BCUT2D eigenvalue weighted by molar-refractivity contribution is 6.32. The van der Waals surface area contributed by atoms with E-state index in [4.69, 9.17) is 16.3 Å². The van der Waals surface area contributed by atoms with Gasteiger partial charge in [-0.05, 0) is 48.4 Å². The van der Waals surface area contributed by atoms with Crippen LogP contribution in [0.2, 0.25) is 5.02 Å². The van der Waals surface area contributed by atoms with Crippen molar-refractivity contribution < 1.29 is 13.9 Å². The Hall–Kier alpha value is -3.72. The zero-order chi connectivity index (χ0) is 21.8. The van der Waals surface area contributed by atoms with E-state index >= 15 is 0 Å². The molecule has 0 aliphatic rings. The van der Waals surface area contributed by atoms with Gasteiger partial charge in [0.25, 0.3) is 5.91 Å². The summed E-state index contributed by atoms with van der Waals surface area (Å²) in [6.45, 7) is 2.44. The minimum atomic E-state index is -0.452. The largest absolute Gasteiger partial charge is 0.470 e. The lowest BCUT2D eigenvalue weighted by atomic mass is 10.2. The van der Waals surface area contributed by atoms with Gasteiger partial charge in [0.15, 0.2) is 12.4 Å². The SMILES string of the molecule is Cc1ccc(Cl)c(OCn2ccc(C(=O)Nc3ncn(Cc4ccc(F)cc4)n3)n2)c1. The Labute approximate surface area is 182 Å². The molecule has 0 aliphatic heterocycles. The molecule has 0 atom stereocenters. The molecule has 0 radical (unpaired) electrons. The summed E-state index contributed by atoms with van der Waals surface area (Å²) in [5.41, 5.74) is 2.07. The molecular formula is C21H18ClFN6O2. The fraction of sp³-hybridized carbons (Fsp3) is 0.143. The summed E-state index contributed by atoms with van der Waals surface area (Å²) in [6.07, 6.45) is 3.11. The van der Waals surface area contributed by atoms with Gasteiger partial charge in [-0.2, -0.15) is 5.10 Å². The summed E-state index contributed by atoms with van der Waals surface area (Å²) in [5, 5.41) is 11.5. The first-order valence-electron chi connectivity index (χ1n) is 9.34. The van der Waals surface area contributed by atoms with Crippen molar-refractivity contribution in [2.45, 2.75) is 20.2 Å². The van der Waals surface area contributed by atoms with Crippen LogP contribution >= 0.6 is 11.6 Å². The third-order valence-electron chi connectivity index (χ3n) is 4.33. The third-order valence-corrected chi connectivity index (χ3v) is 4.64. The topological polar surface area (TPSA) is 86.9 Å². The van der Waals surface area contributed by atoms with Crippen LogP contribution in [0.4, 0.5) is 10.3 Å². The van der Waals surface area contributed by atoms with E-state index in [0.29, 0.717) is 17.3 Å². The highest BCUT2D eigenvalue weighted by atomic mass is 35.5. The number of halogens is 2. The smallest absolute Gasteiger partial charge is 0.278 e. The fourth-order valence-corrected chi connectivity index (χ4v) is 2.95. The second-order valence-corrected chi connectivity index (χ2v) is 7.20. The number of carbonyl (C=O) groups is 1. The van der Waals surface area contributed by atoms with Crippen molar-refractivity contribution >= 4 is 23.5 Å². The predicted molar refractivity (Wildman–Crippen MR) is 113 cm³/mol. The Morgan fingerprint density at radius 1 is 1.13 bits per heavy atom. The fourth-order valence-electron chi connectivity index (χ4n) is 2.78. The molecule has 2 aromatic carbocycles. The lowest BCUT2D eigenvalue weighted by Crippen LogP contribution is -2.15. The van der Waals surface area contributed by atoms with Gasteiger partial charge in [-0.25, -0.2) is 18.7 Å². The van der Waals surface area contributed by atoms with Crippen LogP contribution in [0.5, 0.6) is 5.75 Å². The van der Waals surface area contributed by atoms with Gasteiger partial charge in [-0.15, -0.1) is 5.10 Å². The van der Waals surface area contributed by atoms with Crippen LogP contribution in [-0.2, 0) is 13.3 Å². The van der Waals surface area contributed by atoms with Gasteiger partial charge >= 0.3 is 0 Å². The molecule has 1 N–H and O–H groups in total. The maximum atomic E-state index is 13.0. The van der Waals surface area contributed by atoms with Crippen LogP contribution in [0.1, 0.15) is 21.6 Å². The maximum absolute atomic E-state index is 13.0.